The first-order valence-corrected chi connectivity index (χ1v) is 3.55. The monoisotopic (exact) mass is 162 g/mol. The molecule has 0 saturated carbocycles. The normalized spacial score (nSPS) is 37.9. The van der Waals surface area contributed by atoms with Gasteiger partial charge in [-0.3, -0.25) is 0 Å². The number of hydrogen-bond acceptors (Lipinski definition) is 5. The molecule has 0 bridgehead atoms. The van der Waals surface area contributed by atoms with Crippen LogP contribution in [0, 0.1) is 0 Å². The van der Waals surface area contributed by atoms with Crippen molar-refractivity contribution in [1.29, 1.82) is 0 Å². The van der Waals surface area contributed by atoms with E-state index in [1.165, 1.54) is 7.11 Å². The lowest BCUT2D eigenvalue weighted by molar-refractivity contribution is -0.227. The lowest BCUT2D eigenvalue weighted by atomic mass is 10.2. The molecule has 2 unspecified atom stereocenters. The SMILES string of the molecule is COC1OC(CN)C(CN)O1. The minimum Gasteiger partial charge on any atom is -0.333 e. The summed E-state index contributed by atoms with van der Waals surface area (Å²) in [4.78, 5) is 0. The van der Waals surface area contributed by atoms with Gasteiger partial charge in [-0.05, 0) is 0 Å². The second-order valence-electron chi connectivity index (χ2n) is 2.34. The molecule has 11 heavy (non-hydrogen) atoms. The van der Waals surface area contributed by atoms with Gasteiger partial charge in [0.1, 0.15) is 12.2 Å². The van der Waals surface area contributed by atoms with E-state index >= 15 is 0 Å². The van der Waals surface area contributed by atoms with Crippen LogP contribution in [0.2, 0.25) is 0 Å². The third-order valence-corrected chi connectivity index (χ3v) is 1.64. The summed E-state index contributed by atoms with van der Waals surface area (Å²) < 4.78 is 15.2. The minimum atomic E-state index is -0.600. The molecule has 0 aliphatic carbocycles. The minimum absolute atomic E-state index is 0.134. The van der Waals surface area contributed by atoms with Crippen molar-refractivity contribution in [3.8, 4) is 0 Å². The van der Waals surface area contributed by atoms with E-state index in [9.17, 15) is 0 Å². The molecule has 1 fully saturated rings. The maximum absolute atomic E-state index is 5.40. The average molecular weight is 162 g/mol. The summed E-state index contributed by atoms with van der Waals surface area (Å²) in [7, 11) is 1.51. The Bertz CT molecular complexity index is 110. The van der Waals surface area contributed by atoms with Crippen molar-refractivity contribution in [2.45, 2.75) is 18.7 Å². The number of rotatable bonds is 3. The second-order valence-corrected chi connectivity index (χ2v) is 2.34. The highest BCUT2D eigenvalue weighted by molar-refractivity contribution is 4.76. The first kappa shape index (κ1) is 8.89. The molecule has 0 radical (unpaired) electrons. The first-order valence-electron chi connectivity index (χ1n) is 3.55. The Morgan fingerprint density at radius 3 is 1.91 bits per heavy atom. The topological polar surface area (TPSA) is 79.7 Å². The average Bonchev–Trinajstić information content (AvgIpc) is 2.46. The van der Waals surface area contributed by atoms with Crippen LogP contribution in [0.25, 0.3) is 0 Å². The van der Waals surface area contributed by atoms with Gasteiger partial charge in [0.2, 0.25) is 0 Å². The Morgan fingerprint density at radius 2 is 1.64 bits per heavy atom. The van der Waals surface area contributed by atoms with Gasteiger partial charge in [-0.25, -0.2) is 0 Å². The summed E-state index contributed by atoms with van der Waals surface area (Å²) >= 11 is 0. The zero-order chi connectivity index (χ0) is 8.27. The molecule has 0 amide bonds. The smallest absolute Gasteiger partial charge is 0.272 e. The third-order valence-electron chi connectivity index (χ3n) is 1.64. The lowest BCUT2D eigenvalue weighted by Crippen LogP contribution is -2.35. The molecule has 0 aromatic rings. The van der Waals surface area contributed by atoms with Crippen molar-refractivity contribution in [3.05, 3.63) is 0 Å². The summed E-state index contributed by atoms with van der Waals surface area (Å²) in [6.45, 7) is 0.209. The van der Waals surface area contributed by atoms with Gasteiger partial charge in [0.25, 0.3) is 6.48 Å². The fourth-order valence-electron chi connectivity index (χ4n) is 1.02. The van der Waals surface area contributed by atoms with Crippen molar-refractivity contribution < 1.29 is 14.2 Å². The van der Waals surface area contributed by atoms with E-state index in [1.54, 1.807) is 0 Å². The van der Waals surface area contributed by atoms with Crippen molar-refractivity contribution in [3.63, 3.8) is 0 Å². The van der Waals surface area contributed by atoms with E-state index in [0.717, 1.165) is 0 Å². The quantitative estimate of drug-likeness (QED) is 0.534. The molecule has 1 aliphatic rings. The maximum atomic E-state index is 5.40. The molecule has 0 aromatic carbocycles. The van der Waals surface area contributed by atoms with Crippen molar-refractivity contribution in [1.82, 2.24) is 0 Å². The van der Waals surface area contributed by atoms with Gasteiger partial charge in [-0.15, -0.1) is 0 Å². The Hall–Kier alpha value is -0.200. The van der Waals surface area contributed by atoms with Crippen molar-refractivity contribution in [2.75, 3.05) is 20.2 Å². The number of methoxy groups -OCH3 is 1. The van der Waals surface area contributed by atoms with Gasteiger partial charge < -0.3 is 25.7 Å². The molecule has 66 valence electrons. The van der Waals surface area contributed by atoms with Crippen molar-refractivity contribution in [2.24, 2.45) is 11.5 Å². The first-order chi connectivity index (χ1) is 5.31. The van der Waals surface area contributed by atoms with Gasteiger partial charge in [0.15, 0.2) is 0 Å². The summed E-state index contributed by atoms with van der Waals surface area (Å²) in [6.07, 6.45) is -0.269. The van der Waals surface area contributed by atoms with Crippen molar-refractivity contribution >= 4 is 0 Å². The zero-order valence-electron chi connectivity index (χ0n) is 6.53. The van der Waals surface area contributed by atoms with E-state index in [2.05, 4.69) is 0 Å². The molecule has 1 aliphatic heterocycles. The molecule has 1 rings (SSSR count). The Kier molecular flexibility index (Phi) is 3.22. The summed E-state index contributed by atoms with van der Waals surface area (Å²) in [5.41, 5.74) is 10.8. The molecule has 4 N–H and O–H groups in total. The maximum Gasteiger partial charge on any atom is 0.272 e. The molecule has 1 saturated heterocycles. The van der Waals surface area contributed by atoms with E-state index in [0.29, 0.717) is 13.1 Å². The van der Waals surface area contributed by atoms with E-state index < -0.39 is 6.48 Å². The fourth-order valence-corrected chi connectivity index (χ4v) is 1.02. The molecule has 5 nitrogen and oxygen atoms in total. The van der Waals surface area contributed by atoms with Crippen LogP contribution in [0.1, 0.15) is 0 Å². The number of hydrogen-bond donors (Lipinski definition) is 2. The van der Waals surface area contributed by atoms with Crippen LogP contribution in [0.3, 0.4) is 0 Å². The summed E-state index contributed by atoms with van der Waals surface area (Å²) in [5.74, 6) is 0. The van der Waals surface area contributed by atoms with Gasteiger partial charge in [-0.2, -0.15) is 0 Å². The predicted octanol–water partition coefficient (Wildman–Crippen LogP) is -1.38. The molecule has 0 spiro atoms. The predicted molar refractivity (Wildman–Crippen MR) is 38.7 cm³/mol. The molecule has 1 heterocycles. The van der Waals surface area contributed by atoms with E-state index in [-0.39, 0.29) is 12.2 Å². The summed E-state index contributed by atoms with van der Waals surface area (Å²) in [6, 6.07) is 0. The lowest BCUT2D eigenvalue weighted by Gasteiger charge is -2.10. The zero-order valence-corrected chi connectivity index (χ0v) is 6.53. The number of nitrogens with two attached hydrogens (primary N) is 2. The van der Waals surface area contributed by atoms with Crippen LogP contribution < -0.4 is 11.5 Å². The van der Waals surface area contributed by atoms with Crippen LogP contribution in [-0.4, -0.2) is 38.9 Å². The summed E-state index contributed by atoms with van der Waals surface area (Å²) in [5, 5.41) is 0. The fraction of sp³-hybridized carbons (Fsp3) is 1.00. The number of ether oxygens (including phenoxy) is 3. The molecular formula is C6H14N2O3. The molecule has 5 heteroatoms. The molecule has 2 atom stereocenters. The van der Waals surface area contributed by atoms with Gasteiger partial charge in [-0.1, -0.05) is 0 Å². The highest BCUT2D eigenvalue weighted by atomic mass is 16.9. The van der Waals surface area contributed by atoms with Crippen LogP contribution in [0.4, 0.5) is 0 Å². The van der Waals surface area contributed by atoms with Crippen LogP contribution >= 0.6 is 0 Å². The van der Waals surface area contributed by atoms with Gasteiger partial charge in [0, 0.05) is 20.2 Å². The third kappa shape index (κ3) is 1.88. The molecular weight excluding hydrogens is 148 g/mol. The van der Waals surface area contributed by atoms with Crippen LogP contribution in [0.15, 0.2) is 0 Å². The molecule has 0 aromatic heterocycles. The highest BCUT2D eigenvalue weighted by Crippen LogP contribution is 2.17. The van der Waals surface area contributed by atoms with Crippen LogP contribution in [0.5, 0.6) is 0 Å². The Balaban J connectivity index is 2.41. The van der Waals surface area contributed by atoms with Gasteiger partial charge >= 0.3 is 0 Å². The van der Waals surface area contributed by atoms with Gasteiger partial charge in [0.05, 0.1) is 0 Å². The van der Waals surface area contributed by atoms with Crippen LogP contribution in [-0.2, 0) is 14.2 Å². The Morgan fingerprint density at radius 1 is 1.18 bits per heavy atom. The largest absolute Gasteiger partial charge is 0.333 e. The second kappa shape index (κ2) is 3.99. The highest BCUT2D eigenvalue weighted by Gasteiger charge is 2.34. The Labute approximate surface area is 65.6 Å². The van der Waals surface area contributed by atoms with E-state index in [1.807, 2.05) is 0 Å². The van der Waals surface area contributed by atoms with E-state index in [4.69, 9.17) is 25.7 Å². The standard InChI is InChI=1S/C6H14N2O3/c1-9-6-10-4(2-7)5(3-8)11-6/h4-6H,2-3,7-8H2,1H3.